The van der Waals surface area contributed by atoms with E-state index in [4.69, 9.17) is 16.3 Å². The van der Waals surface area contributed by atoms with Crippen LogP contribution in [0.1, 0.15) is 24.6 Å². The van der Waals surface area contributed by atoms with Crippen LogP contribution in [-0.4, -0.2) is 46.2 Å². The Morgan fingerprint density at radius 3 is 2.59 bits per heavy atom. The van der Waals surface area contributed by atoms with E-state index >= 15 is 0 Å². The summed E-state index contributed by atoms with van der Waals surface area (Å²) in [6, 6.07) is 7.15. The van der Waals surface area contributed by atoms with Crippen LogP contribution in [-0.2, 0) is 16.0 Å². The Balaban J connectivity index is 1.86. The molecular formula is C26H26ClFN2O4. The number of hydrogen-bond acceptors (Lipinski definition) is 5. The van der Waals surface area contributed by atoms with Gasteiger partial charge < -0.3 is 19.8 Å². The molecule has 6 atom stereocenters. The second-order valence-corrected chi connectivity index (χ2v) is 10.2. The van der Waals surface area contributed by atoms with Gasteiger partial charge in [0.1, 0.15) is 23.4 Å². The lowest BCUT2D eigenvalue weighted by Crippen LogP contribution is -2.55. The minimum Gasteiger partial charge on any atom is -0.477 e. The summed E-state index contributed by atoms with van der Waals surface area (Å²) in [5, 5.41) is 24.5. The minimum atomic E-state index is -2.09. The molecule has 34 heavy (non-hydrogen) atoms. The summed E-state index contributed by atoms with van der Waals surface area (Å²) in [6.07, 6.45) is 8.13. The number of fused-ring (bicyclic) bond motifs is 3. The zero-order valence-electron chi connectivity index (χ0n) is 19.1. The monoisotopic (exact) mass is 484 g/mol. The maximum absolute atomic E-state index is 14.0. The molecule has 2 aliphatic carbocycles. The van der Waals surface area contributed by atoms with Gasteiger partial charge >= 0.3 is 0 Å². The van der Waals surface area contributed by atoms with Crippen molar-refractivity contribution in [3.05, 3.63) is 82.9 Å². The fourth-order valence-electron chi connectivity index (χ4n) is 6.15. The Hall–Kier alpha value is -2.74. The quantitative estimate of drug-likeness (QED) is 0.696. The number of ether oxygens (including phenoxy) is 1. The number of pyridine rings is 1. The molecule has 5 rings (SSSR count). The molecule has 1 saturated carbocycles. The van der Waals surface area contributed by atoms with Crippen molar-refractivity contribution < 1.29 is 24.1 Å². The molecular weight excluding hydrogens is 459 g/mol. The van der Waals surface area contributed by atoms with Crippen molar-refractivity contribution in [3.63, 3.8) is 0 Å². The molecule has 1 unspecified atom stereocenters. The Bertz CT molecular complexity index is 1220. The summed E-state index contributed by atoms with van der Waals surface area (Å²) in [6.45, 7) is 1.98. The van der Waals surface area contributed by atoms with Crippen LogP contribution in [0.3, 0.4) is 0 Å². The lowest BCUT2D eigenvalue weighted by Gasteiger charge is -2.47. The molecule has 6 nitrogen and oxygen atoms in total. The number of carbonyl (C=O) groups excluding carboxylic acids is 1. The number of hydrogen-bond donors (Lipinski definition) is 2. The van der Waals surface area contributed by atoms with Gasteiger partial charge in [0.25, 0.3) is 0 Å². The molecule has 0 radical (unpaired) electrons. The fourth-order valence-corrected chi connectivity index (χ4v) is 6.30. The lowest BCUT2D eigenvalue weighted by atomic mass is 9.60. The zero-order chi connectivity index (χ0) is 24.5. The SMILES string of the molecule is CN(C)C(=O)[C@H]1[C@@H](O)[C@@]2(O)c3ncc(Cl)cc3O[C@@]2(c2ccc(F)cc2)[C@@H]1C1(C)C=CC=CC1. The third-order valence-corrected chi connectivity index (χ3v) is 7.78. The molecule has 0 spiro atoms. The van der Waals surface area contributed by atoms with E-state index in [-0.39, 0.29) is 17.4 Å². The maximum Gasteiger partial charge on any atom is 0.228 e. The highest BCUT2D eigenvalue weighted by molar-refractivity contribution is 6.30. The van der Waals surface area contributed by atoms with Crippen LogP contribution in [0.2, 0.25) is 5.02 Å². The fraction of sp³-hybridized carbons (Fsp3) is 0.385. The van der Waals surface area contributed by atoms with Crippen molar-refractivity contribution in [1.29, 1.82) is 0 Å². The van der Waals surface area contributed by atoms with Gasteiger partial charge in [-0.05, 0) is 29.5 Å². The van der Waals surface area contributed by atoms with E-state index in [9.17, 15) is 19.4 Å². The van der Waals surface area contributed by atoms with E-state index in [1.807, 2.05) is 31.2 Å². The van der Waals surface area contributed by atoms with Gasteiger partial charge in [-0.15, -0.1) is 0 Å². The highest BCUT2D eigenvalue weighted by Gasteiger charge is 2.80. The van der Waals surface area contributed by atoms with Gasteiger partial charge in [-0.25, -0.2) is 4.39 Å². The van der Waals surface area contributed by atoms with Gasteiger partial charge in [0.05, 0.1) is 10.9 Å². The van der Waals surface area contributed by atoms with E-state index in [1.165, 1.54) is 41.4 Å². The number of amides is 1. The van der Waals surface area contributed by atoms with Crippen molar-refractivity contribution in [3.8, 4) is 5.75 Å². The summed E-state index contributed by atoms with van der Waals surface area (Å²) >= 11 is 6.19. The number of aromatic nitrogens is 1. The maximum atomic E-state index is 14.0. The molecule has 2 N–H and O–H groups in total. The second kappa shape index (κ2) is 7.63. The summed E-state index contributed by atoms with van der Waals surface area (Å²) in [5.41, 5.74) is -3.89. The van der Waals surface area contributed by atoms with Crippen LogP contribution >= 0.6 is 11.6 Å². The Labute approximate surface area is 202 Å². The second-order valence-electron chi connectivity index (χ2n) is 9.79. The number of halogens is 2. The zero-order valence-corrected chi connectivity index (χ0v) is 19.8. The number of benzene rings is 1. The topological polar surface area (TPSA) is 82.9 Å². The summed E-state index contributed by atoms with van der Waals surface area (Å²) in [5.74, 6) is -2.35. The smallest absolute Gasteiger partial charge is 0.228 e. The normalized spacial score (nSPS) is 35.6. The summed E-state index contributed by atoms with van der Waals surface area (Å²) in [7, 11) is 3.22. The van der Waals surface area contributed by atoms with Crippen LogP contribution in [0.25, 0.3) is 0 Å². The number of nitrogens with zero attached hydrogens (tertiary/aromatic N) is 2. The third-order valence-electron chi connectivity index (χ3n) is 7.57. The molecule has 1 aliphatic heterocycles. The van der Waals surface area contributed by atoms with Crippen molar-refractivity contribution in [1.82, 2.24) is 9.88 Å². The molecule has 1 aromatic heterocycles. The average Bonchev–Trinajstić information content (AvgIpc) is 3.17. The van der Waals surface area contributed by atoms with Crippen LogP contribution in [0.15, 0.2) is 60.8 Å². The number of aliphatic hydroxyl groups excluding tert-OH is 1. The van der Waals surface area contributed by atoms with Crippen molar-refractivity contribution >= 4 is 17.5 Å². The first-order valence-corrected chi connectivity index (χ1v) is 11.5. The molecule has 8 heteroatoms. The predicted molar refractivity (Wildman–Crippen MR) is 125 cm³/mol. The highest BCUT2D eigenvalue weighted by Crippen LogP contribution is 2.69. The first-order chi connectivity index (χ1) is 16.1. The highest BCUT2D eigenvalue weighted by atomic mass is 35.5. The van der Waals surface area contributed by atoms with Gasteiger partial charge in [-0.1, -0.05) is 55.0 Å². The number of allylic oxidation sites excluding steroid dienone is 4. The number of aliphatic hydroxyl groups is 2. The number of rotatable bonds is 3. The van der Waals surface area contributed by atoms with Crippen molar-refractivity contribution in [2.75, 3.05) is 14.1 Å². The Morgan fingerprint density at radius 1 is 1.26 bits per heavy atom. The largest absolute Gasteiger partial charge is 0.477 e. The molecule has 3 aliphatic rings. The molecule has 1 aromatic carbocycles. The van der Waals surface area contributed by atoms with Gasteiger partial charge in [0, 0.05) is 32.3 Å². The van der Waals surface area contributed by atoms with E-state index in [1.54, 1.807) is 14.1 Å². The van der Waals surface area contributed by atoms with E-state index in [0.29, 0.717) is 17.0 Å². The number of carbonyl (C=O) groups is 1. The molecule has 2 heterocycles. The van der Waals surface area contributed by atoms with Crippen molar-refractivity contribution in [2.45, 2.75) is 30.7 Å². The summed E-state index contributed by atoms with van der Waals surface area (Å²) in [4.78, 5) is 19.3. The molecule has 1 amide bonds. The molecule has 0 bridgehead atoms. The van der Waals surface area contributed by atoms with Crippen LogP contribution < -0.4 is 4.74 Å². The van der Waals surface area contributed by atoms with E-state index in [0.717, 1.165) is 0 Å². The van der Waals surface area contributed by atoms with E-state index < -0.39 is 40.4 Å². The third kappa shape index (κ3) is 2.87. The Morgan fingerprint density at radius 2 is 1.97 bits per heavy atom. The van der Waals surface area contributed by atoms with E-state index in [2.05, 4.69) is 4.98 Å². The lowest BCUT2D eigenvalue weighted by molar-refractivity contribution is -0.167. The predicted octanol–water partition coefficient (Wildman–Crippen LogP) is 3.57. The molecule has 0 saturated heterocycles. The first kappa shape index (κ1) is 23.0. The van der Waals surface area contributed by atoms with Gasteiger partial charge in [0.2, 0.25) is 5.91 Å². The van der Waals surface area contributed by atoms with Gasteiger partial charge in [-0.2, -0.15) is 0 Å². The van der Waals surface area contributed by atoms with Crippen molar-refractivity contribution in [2.24, 2.45) is 17.3 Å². The van der Waals surface area contributed by atoms with Gasteiger partial charge in [-0.3, -0.25) is 9.78 Å². The average molecular weight is 485 g/mol. The standard InChI is InChI=1S/C26H26ClFN2O4/c1-24(11-5-4-6-12-24)20-19(23(32)30(2)3)22(31)25(33)21-18(13-16(27)14-29-21)34-26(20,25)15-7-9-17(28)10-8-15/h4-11,13-14,19-20,22,31,33H,12H2,1-3H3/t19-,20+,22-,24?,25+,26+/m1/s1. The van der Waals surface area contributed by atoms with Crippen LogP contribution in [0.4, 0.5) is 4.39 Å². The van der Waals surface area contributed by atoms with Crippen LogP contribution in [0, 0.1) is 23.1 Å². The molecule has 178 valence electrons. The van der Waals surface area contributed by atoms with Gasteiger partial charge in [0.15, 0.2) is 11.2 Å². The Kier molecular flexibility index (Phi) is 5.17. The van der Waals surface area contributed by atoms with Crippen LogP contribution in [0.5, 0.6) is 5.75 Å². The molecule has 1 fully saturated rings. The first-order valence-electron chi connectivity index (χ1n) is 11.1. The molecule has 2 aromatic rings. The summed E-state index contributed by atoms with van der Waals surface area (Å²) < 4.78 is 20.6. The minimum absolute atomic E-state index is 0.103.